The molecule has 1 aliphatic heterocycles. The van der Waals surface area contributed by atoms with Gasteiger partial charge in [-0.2, -0.15) is 5.10 Å². The Hall–Kier alpha value is -4.54. The lowest BCUT2D eigenvalue weighted by atomic mass is 10.1. The van der Waals surface area contributed by atoms with E-state index >= 15 is 0 Å². The minimum atomic E-state index is -1.45. The first-order valence-electron chi connectivity index (χ1n) is 10.7. The molecule has 1 aliphatic rings. The molecule has 186 valence electrons. The number of carbonyl (C=O) groups is 5. The first-order valence-corrected chi connectivity index (χ1v) is 11.4. The summed E-state index contributed by atoms with van der Waals surface area (Å²) in [5.41, 5.74) is 3.52. The molecule has 0 radical (unpaired) electrons. The Morgan fingerprint density at radius 1 is 0.811 bits per heavy atom. The SMILES string of the molecule is O=C(N/N=C\[C@H]1C(=O)NC(=O)N(c2ccc(Cl)cc2)C1=O)c1ccc(NC(=O)c2ccc(Cl)cc2)cc1. The normalized spacial score (nSPS) is 15.5. The zero-order valence-corrected chi connectivity index (χ0v) is 20.3. The summed E-state index contributed by atoms with van der Waals surface area (Å²) in [6, 6.07) is 17.3. The van der Waals surface area contributed by atoms with Crippen molar-refractivity contribution in [3.05, 3.63) is 94.0 Å². The third-order valence-electron chi connectivity index (χ3n) is 5.19. The summed E-state index contributed by atoms with van der Waals surface area (Å²) in [5, 5.41) is 9.40. The Kier molecular flexibility index (Phi) is 7.61. The first kappa shape index (κ1) is 25.5. The second-order valence-electron chi connectivity index (χ2n) is 7.68. The first-order chi connectivity index (χ1) is 17.7. The monoisotopic (exact) mass is 537 g/mol. The number of barbiturate groups is 1. The number of nitrogens with one attached hydrogen (secondary N) is 3. The van der Waals surface area contributed by atoms with Gasteiger partial charge in [-0.25, -0.2) is 15.1 Å². The minimum Gasteiger partial charge on any atom is -0.322 e. The zero-order chi connectivity index (χ0) is 26.5. The molecule has 3 N–H and O–H groups in total. The molecule has 0 unspecified atom stereocenters. The number of amides is 6. The van der Waals surface area contributed by atoms with Crippen LogP contribution in [0.4, 0.5) is 16.2 Å². The average molecular weight is 538 g/mol. The van der Waals surface area contributed by atoms with Crippen LogP contribution in [0.1, 0.15) is 20.7 Å². The fourth-order valence-corrected chi connectivity index (χ4v) is 3.55. The Balaban J connectivity index is 1.37. The van der Waals surface area contributed by atoms with Gasteiger partial charge in [0.2, 0.25) is 5.91 Å². The molecule has 3 aromatic carbocycles. The predicted octanol–water partition coefficient (Wildman–Crippen LogP) is 3.86. The van der Waals surface area contributed by atoms with Gasteiger partial charge in [0.1, 0.15) is 0 Å². The number of nitrogens with zero attached hydrogens (tertiary/aromatic N) is 2. The zero-order valence-electron chi connectivity index (χ0n) is 18.8. The quantitative estimate of drug-likeness (QED) is 0.249. The number of carbonyl (C=O) groups excluding carboxylic acids is 5. The number of halogens is 2. The lowest BCUT2D eigenvalue weighted by Crippen LogP contribution is -2.58. The highest BCUT2D eigenvalue weighted by Gasteiger charge is 2.40. The summed E-state index contributed by atoms with van der Waals surface area (Å²) in [5.74, 6) is -4.13. The maximum absolute atomic E-state index is 12.8. The lowest BCUT2D eigenvalue weighted by molar-refractivity contribution is -0.131. The van der Waals surface area contributed by atoms with E-state index in [4.69, 9.17) is 23.2 Å². The molecule has 12 heteroatoms. The minimum absolute atomic E-state index is 0.207. The molecule has 1 fully saturated rings. The van der Waals surface area contributed by atoms with Crippen LogP contribution in [0.3, 0.4) is 0 Å². The summed E-state index contributed by atoms with van der Waals surface area (Å²) >= 11 is 11.7. The molecule has 4 rings (SSSR count). The highest BCUT2D eigenvalue weighted by atomic mass is 35.5. The van der Waals surface area contributed by atoms with E-state index in [1.165, 1.54) is 48.5 Å². The molecule has 0 aromatic heterocycles. The smallest absolute Gasteiger partial charge is 0.322 e. The van der Waals surface area contributed by atoms with Crippen LogP contribution in [-0.4, -0.2) is 35.9 Å². The highest BCUT2D eigenvalue weighted by Crippen LogP contribution is 2.22. The van der Waals surface area contributed by atoms with Crippen LogP contribution in [0.15, 0.2) is 77.9 Å². The van der Waals surface area contributed by atoms with Crippen molar-refractivity contribution in [3.8, 4) is 0 Å². The van der Waals surface area contributed by atoms with E-state index in [1.54, 1.807) is 24.3 Å². The lowest BCUT2D eigenvalue weighted by Gasteiger charge is -2.28. The van der Waals surface area contributed by atoms with Crippen molar-refractivity contribution in [2.24, 2.45) is 11.0 Å². The fraction of sp³-hybridized carbons (Fsp3) is 0.0400. The van der Waals surface area contributed by atoms with Gasteiger partial charge in [0.25, 0.3) is 17.7 Å². The number of anilines is 2. The molecule has 0 aliphatic carbocycles. The Labute approximate surface area is 220 Å². The summed E-state index contributed by atoms with van der Waals surface area (Å²) in [7, 11) is 0. The summed E-state index contributed by atoms with van der Waals surface area (Å²) in [4.78, 5) is 62.7. The second-order valence-corrected chi connectivity index (χ2v) is 8.55. The van der Waals surface area contributed by atoms with Crippen LogP contribution in [0.5, 0.6) is 0 Å². The standard InChI is InChI=1S/C25H17Cl2N5O5/c26-16-5-1-14(2-6-16)21(33)29-18-9-3-15(4-10-18)22(34)31-28-13-20-23(35)30-25(37)32(24(20)36)19-11-7-17(27)8-12-19/h1-13,20H,(H,29,33)(H,31,34)(H,30,35,37)/b28-13-/t20-/m0/s1. The maximum atomic E-state index is 12.8. The Morgan fingerprint density at radius 3 is 1.97 bits per heavy atom. The van der Waals surface area contributed by atoms with Crippen LogP contribution in [0.25, 0.3) is 0 Å². The van der Waals surface area contributed by atoms with Gasteiger partial charge in [0, 0.05) is 33.1 Å². The highest BCUT2D eigenvalue weighted by molar-refractivity contribution is 6.33. The summed E-state index contributed by atoms with van der Waals surface area (Å²) in [6.45, 7) is 0. The second kappa shape index (κ2) is 11.0. The van der Waals surface area contributed by atoms with Crippen LogP contribution >= 0.6 is 23.2 Å². The molecular formula is C25H17Cl2N5O5. The molecule has 0 saturated carbocycles. The van der Waals surface area contributed by atoms with Crippen LogP contribution in [-0.2, 0) is 9.59 Å². The van der Waals surface area contributed by atoms with Gasteiger partial charge in [-0.05, 0) is 72.8 Å². The molecule has 0 bridgehead atoms. The molecule has 1 atom stereocenters. The van der Waals surface area contributed by atoms with Crippen molar-refractivity contribution in [2.75, 3.05) is 10.2 Å². The number of hydrogen-bond acceptors (Lipinski definition) is 6. The number of rotatable bonds is 6. The van der Waals surface area contributed by atoms with Crippen molar-refractivity contribution in [1.82, 2.24) is 10.7 Å². The van der Waals surface area contributed by atoms with Gasteiger partial charge >= 0.3 is 6.03 Å². The van der Waals surface area contributed by atoms with Crippen LogP contribution < -0.4 is 21.0 Å². The Bertz CT molecular complexity index is 1410. The van der Waals surface area contributed by atoms with Crippen molar-refractivity contribution < 1.29 is 24.0 Å². The fourth-order valence-electron chi connectivity index (χ4n) is 3.30. The molecule has 1 heterocycles. The van der Waals surface area contributed by atoms with Gasteiger partial charge < -0.3 is 5.32 Å². The number of imide groups is 2. The predicted molar refractivity (Wildman–Crippen MR) is 138 cm³/mol. The van der Waals surface area contributed by atoms with E-state index < -0.39 is 29.7 Å². The van der Waals surface area contributed by atoms with Crippen molar-refractivity contribution >= 4 is 70.5 Å². The molecule has 3 aromatic rings. The summed E-state index contributed by atoms with van der Waals surface area (Å²) < 4.78 is 0. The van der Waals surface area contributed by atoms with E-state index in [-0.39, 0.29) is 17.2 Å². The summed E-state index contributed by atoms with van der Waals surface area (Å²) in [6.07, 6.45) is 0.936. The topological polar surface area (TPSA) is 137 Å². The number of benzene rings is 3. The molecule has 37 heavy (non-hydrogen) atoms. The molecule has 0 spiro atoms. The average Bonchev–Trinajstić information content (AvgIpc) is 2.87. The van der Waals surface area contributed by atoms with Crippen LogP contribution in [0.2, 0.25) is 10.0 Å². The molecule has 10 nitrogen and oxygen atoms in total. The van der Waals surface area contributed by atoms with Crippen LogP contribution in [0, 0.1) is 5.92 Å². The van der Waals surface area contributed by atoms with Crippen molar-refractivity contribution in [3.63, 3.8) is 0 Å². The third-order valence-corrected chi connectivity index (χ3v) is 5.69. The largest absolute Gasteiger partial charge is 0.335 e. The molecule has 1 saturated heterocycles. The maximum Gasteiger partial charge on any atom is 0.335 e. The number of hydrogen-bond donors (Lipinski definition) is 3. The van der Waals surface area contributed by atoms with E-state index in [1.807, 2.05) is 0 Å². The molecule has 6 amide bonds. The van der Waals surface area contributed by atoms with Gasteiger partial charge in [-0.1, -0.05) is 23.2 Å². The number of urea groups is 1. The van der Waals surface area contributed by atoms with Gasteiger partial charge in [0.05, 0.1) is 5.69 Å². The van der Waals surface area contributed by atoms with E-state index in [2.05, 4.69) is 21.2 Å². The molecular weight excluding hydrogens is 521 g/mol. The van der Waals surface area contributed by atoms with E-state index in [9.17, 15) is 24.0 Å². The van der Waals surface area contributed by atoms with Gasteiger partial charge in [-0.15, -0.1) is 0 Å². The van der Waals surface area contributed by atoms with Gasteiger partial charge in [0.15, 0.2) is 5.92 Å². The van der Waals surface area contributed by atoms with Crippen molar-refractivity contribution in [2.45, 2.75) is 0 Å². The Morgan fingerprint density at radius 2 is 1.35 bits per heavy atom. The van der Waals surface area contributed by atoms with E-state index in [0.29, 0.717) is 21.3 Å². The third kappa shape index (κ3) is 6.00. The van der Waals surface area contributed by atoms with E-state index in [0.717, 1.165) is 11.1 Å². The number of hydrazone groups is 1. The van der Waals surface area contributed by atoms with Gasteiger partial charge in [-0.3, -0.25) is 24.5 Å². The van der Waals surface area contributed by atoms with Crippen molar-refractivity contribution in [1.29, 1.82) is 0 Å².